The highest BCUT2D eigenvalue weighted by Crippen LogP contribution is 2.11. The topological polar surface area (TPSA) is 24.7 Å². The standard InChI is InChI=1S/C22H20N2/c1-4-11-19(12-5-1)13-10-18-23-24-22(20-14-6-2-7-15-20)21-16-8-3-9-17-21/h1-9,11-12,14-18H,10,13H2. The van der Waals surface area contributed by atoms with Gasteiger partial charge in [-0.15, -0.1) is 0 Å². The summed E-state index contributed by atoms with van der Waals surface area (Å²) in [6.45, 7) is 0. The summed E-state index contributed by atoms with van der Waals surface area (Å²) in [7, 11) is 0. The number of nitrogens with zero attached hydrogens (tertiary/aromatic N) is 2. The summed E-state index contributed by atoms with van der Waals surface area (Å²) in [5.74, 6) is 0. The molecule has 2 nitrogen and oxygen atoms in total. The van der Waals surface area contributed by atoms with Gasteiger partial charge in [-0.1, -0.05) is 91.0 Å². The van der Waals surface area contributed by atoms with E-state index in [1.165, 1.54) is 5.56 Å². The van der Waals surface area contributed by atoms with Gasteiger partial charge in [-0.05, 0) is 18.4 Å². The zero-order valence-corrected chi connectivity index (χ0v) is 13.5. The van der Waals surface area contributed by atoms with Crippen molar-refractivity contribution in [3.63, 3.8) is 0 Å². The van der Waals surface area contributed by atoms with Gasteiger partial charge < -0.3 is 0 Å². The van der Waals surface area contributed by atoms with Gasteiger partial charge in [0.2, 0.25) is 0 Å². The third-order valence-electron chi connectivity index (χ3n) is 3.74. The van der Waals surface area contributed by atoms with Gasteiger partial charge in [0.25, 0.3) is 0 Å². The summed E-state index contributed by atoms with van der Waals surface area (Å²) >= 11 is 0. The molecule has 0 radical (unpaired) electrons. The van der Waals surface area contributed by atoms with Gasteiger partial charge in [-0.2, -0.15) is 10.2 Å². The van der Waals surface area contributed by atoms with Crippen molar-refractivity contribution in [3.8, 4) is 0 Å². The number of benzene rings is 3. The smallest absolute Gasteiger partial charge is 0.100 e. The molecular formula is C22H20N2. The van der Waals surface area contributed by atoms with Crippen LogP contribution < -0.4 is 0 Å². The first kappa shape index (κ1) is 15.9. The molecule has 0 aliphatic rings. The van der Waals surface area contributed by atoms with E-state index in [0.29, 0.717) is 0 Å². The second-order valence-corrected chi connectivity index (χ2v) is 5.50. The number of aryl methyl sites for hydroxylation is 1. The van der Waals surface area contributed by atoms with Crippen molar-refractivity contribution in [2.24, 2.45) is 10.2 Å². The Bertz CT molecular complexity index is 750. The molecule has 0 aliphatic heterocycles. The largest absolute Gasteiger partial charge is 0.163 e. The molecule has 0 unspecified atom stereocenters. The monoisotopic (exact) mass is 312 g/mol. The van der Waals surface area contributed by atoms with E-state index in [9.17, 15) is 0 Å². The lowest BCUT2D eigenvalue weighted by molar-refractivity contribution is 1.04. The molecule has 0 heterocycles. The minimum Gasteiger partial charge on any atom is -0.163 e. The van der Waals surface area contributed by atoms with E-state index in [1.807, 2.05) is 48.7 Å². The Morgan fingerprint density at radius 2 is 1.17 bits per heavy atom. The number of hydrogen-bond donors (Lipinski definition) is 0. The van der Waals surface area contributed by atoms with E-state index in [0.717, 1.165) is 29.7 Å². The Hall–Kier alpha value is -3.00. The summed E-state index contributed by atoms with van der Waals surface area (Å²) in [5.41, 5.74) is 4.36. The summed E-state index contributed by atoms with van der Waals surface area (Å²) in [4.78, 5) is 0. The summed E-state index contributed by atoms with van der Waals surface area (Å²) in [6.07, 6.45) is 3.75. The first-order valence-electron chi connectivity index (χ1n) is 8.18. The van der Waals surface area contributed by atoms with Gasteiger partial charge in [0.05, 0.1) is 0 Å². The van der Waals surface area contributed by atoms with Crippen LogP contribution in [0.25, 0.3) is 0 Å². The van der Waals surface area contributed by atoms with Crippen LogP contribution in [0, 0.1) is 0 Å². The first-order chi connectivity index (χ1) is 11.9. The van der Waals surface area contributed by atoms with Crippen LogP contribution in [0.5, 0.6) is 0 Å². The number of hydrogen-bond acceptors (Lipinski definition) is 2. The lowest BCUT2D eigenvalue weighted by Crippen LogP contribution is -2.02. The minimum atomic E-state index is 0.879. The van der Waals surface area contributed by atoms with Crippen molar-refractivity contribution in [3.05, 3.63) is 108 Å². The molecule has 3 aromatic rings. The van der Waals surface area contributed by atoms with Crippen LogP contribution in [0.1, 0.15) is 23.1 Å². The molecule has 0 aromatic heterocycles. The van der Waals surface area contributed by atoms with Crippen LogP contribution in [0.4, 0.5) is 0 Å². The lowest BCUT2D eigenvalue weighted by atomic mass is 10.0. The van der Waals surface area contributed by atoms with Crippen LogP contribution >= 0.6 is 0 Å². The average molecular weight is 312 g/mol. The Morgan fingerprint density at radius 3 is 1.71 bits per heavy atom. The van der Waals surface area contributed by atoms with Crippen molar-refractivity contribution in [2.75, 3.05) is 0 Å². The van der Waals surface area contributed by atoms with E-state index >= 15 is 0 Å². The third kappa shape index (κ3) is 4.50. The molecule has 0 amide bonds. The average Bonchev–Trinajstić information content (AvgIpc) is 2.67. The molecule has 24 heavy (non-hydrogen) atoms. The fourth-order valence-corrected chi connectivity index (χ4v) is 2.51. The fraction of sp³-hybridized carbons (Fsp3) is 0.0909. The Morgan fingerprint density at radius 1 is 0.667 bits per heavy atom. The molecule has 3 rings (SSSR count). The van der Waals surface area contributed by atoms with Crippen molar-refractivity contribution in [1.82, 2.24) is 0 Å². The minimum absolute atomic E-state index is 0.879. The summed E-state index contributed by atoms with van der Waals surface area (Å²) < 4.78 is 0. The molecule has 0 saturated carbocycles. The molecule has 0 aliphatic carbocycles. The van der Waals surface area contributed by atoms with E-state index in [2.05, 4.69) is 58.7 Å². The van der Waals surface area contributed by atoms with Crippen molar-refractivity contribution < 1.29 is 0 Å². The van der Waals surface area contributed by atoms with Gasteiger partial charge >= 0.3 is 0 Å². The van der Waals surface area contributed by atoms with Gasteiger partial charge in [0.15, 0.2) is 0 Å². The van der Waals surface area contributed by atoms with Crippen LogP contribution in [-0.4, -0.2) is 11.9 Å². The van der Waals surface area contributed by atoms with E-state index in [1.54, 1.807) is 0 Å². The summed E-state index contributed by atoms with van der Waals surface area (Å²) in [6, 6.07) is 30.8. The molecule has 0 atom stereocenters. The van der Waals surface area contributed by atoms with E-state index in [4.69, 9.17) is 0 Å². The maximum atomic E-state index is 4.48. The first-order valence-corrected chi connectivity index (χ1v) is 8.18. The van der Waals surface area contributed by atoms with Crippen LogP contribution in [0.3, 0.4) is 0 Å². The normalized spacial score (nSPS) is 10.7. The SMILES string of the molecule is C(CCc1ccccc1)=NN=C(c1ccccc1)c1ccccc1. The van der Waals surface area contributed by atoms with Crippen LogP contribution in [0.2, 0.25) is 0 Å². The van der Waals surface area contributed by atoms with Crippen LogP contribution in [-0.2, 0) is 6.42 Å². The molecule has 0 bridgehead atoms. The molecule has 0 N–H and O–H groups in total. The molecule has 118 valence electrons. The second-order valence-electron chi connectivity index (χ2n) is 5.50. The van der Waals surface area contributed by atoms with Gasteiger partial charge in [-0.25, -0.2) is 0 Å². The highest BCUT2D eigenvalue weighted by molar-refractivity contribution is 6.12. The predicted octanol–water partition coefficient (Wildman–Crippen LogP) is 5.14. The maximum absolute atomic E-state index is 4.48. The second kappa shape index (κ2) is 8.59. The Kier molecular flexibility index (Phi) is 5.68. The molecule has 3 aromatic carbocycles. The van der Waals surface area contributed by atoms with Crippen molar-refractivity contribution >= 4 is 11.9 Å². The maximum Gasteiger partial charge on any atom is 0.100 e. The lowest BCUT2D eigenvalue weighted by Gasteiger charge is -2.05. The zero-order valence-electron chi connectivity index (χ0n) is 13.5. The van der Waals surface area contributed by atoms with E-state index < -0.39 is 0 Å². The molecule has 0 fully saturated rings. The molecule has 0 saturated heterocycles. The molecule has 0 spiro atoms. The Balaban J connectivity index is 1.73. The van der Waals surface area contributed by atoms with Gasteiger partial charge in [-0.3, -0.25) is 0 Å². The fourth-order valence-electron chi connectivity index (χ4n) is 2.51. The highest BCUT2D eigenvalue weighted by atomic mass is 15.2. The molecule has 2 heteroatoms. The van der Waals surface area contributed by atoms with E-state index in [-0.39, 0.29) is 0 Å². The van der Waals surface area contributed by atoms with Gasteiger partial charge in [0, 0.05) is 17.3 Å². The predicted molar refractivity (Wildman–Crippen MR) is 102 cm³/mol. The Labute approximate surface area is 143 Å². The molecular weight excluding hydrogens is 292 g/mol. The zero-order chi connectivity index (χ0) is 16.5. The third-order valence-corrected chi connectivity index (χ3v) is 3.74. The van der Waals surface area contributed by atoms with Crippen molar-refractivity contribution in [1.29, 1.82) is 0 Å². The van der Waals surface area contributed by atoms with Crippen LogP contribution in [0.15, 0.2) is 101 Å². The van der Waals surface area contributed by atoms with Crippen molar-refractivity contribution in [2.45, 2.75) is 12.8 Å². The van der Waals surface area contributed by atoms with Gasteiger partial charge in [0.1, 0.15) is 5.71 Å². The number of rotatable bonds is 6. The summed E-state index contributed by atoms with van der Waals surface area (Å²) in [5, 5.41) is 8.78. The highest BCUT2D eigenvalue weighted by Gasteiger charge is 2.05. The quantitative estimate of drug-likeness (QED) is 0.444.